The molecule has 1 aromatic carbocycles. The van der Waals surface area contributed by atoms with Crippen LogP contribution in [0.2, 0.25) is 15.2 Å². The maximum Gasteiger partial charge on any atom is 0.356 e. The van der Waals surface area contributed by atoms with Crippen LogP contribution in [0.25, 0.3) is 10.8 Å². The van der Waals surface area contributed by atoms with E-state index in [4.69, 9.17) is 34.8 Å². The van der Waals surface area contributed by atoms with Crippen LogP contribution < -0.4 is 0 Å². The number of carbonyl (C=O) groups is 1. The molecule has 0 N–H and O–H groups in total. The first-order valence-electron chi connectivity index (χ1n) is 4.56. The number of hydrogen-bond donors (Lipinski definition) is 0. The average Bonchev–Trinajstić information content (AvgIpc) is 2.26. The number of ether oxygens (including phenoxy) is 1. The van der Waals surface area contributed by atoms with Crippen molar-refractivity contribution in [1.82, 2.24) is 4.98 Å². The van der Waals surface area contributed by atoms with E-state index in [1.54, 1.807) is 12.1 Å². The average molecular weight is 291 g/mol. The highest BCUT2D eigenvalue weighted by Gasteiger charge is 2.13. The van der Waals surface area contributed by atoms with Gasteiger partial charge < -0.3 is 4.74 Å². The lowest BCUT2D eigenvalue weighted by molar-refractivity contribution is 0.0594. The van der Waals surface area contributed by atoms with Gasteiger partial charge in [-0.1, -0.05) is 34.8 Å². The van der Waals surface area contributed by atoms with Gasteiger partial charge in [-0.3, -0.25) is 0 Å². The standard InChI is InChI=1S/C11H6Cl3NO2/c1-17-11(16)8-3-5-2-6(12)4-7(13)9(5)10(14)15-8/h2-4H,1H3. The fraction of sp³-hybridized carbons (Fsp3) is 0.0909. The molecule has 2 rings (SSSR count). The van der Waals surface area contributed by atoms with Crippen molar-refractivity contribution in [2.45, 2.75) is 0 Å². The first-order chi connectivity index (χ1) is 8.02. The molecule has 0 saturated heterocycles. The summed E-state index contributed by atoms with van der Waals surface area (Å²) in [6, 6.07) is 4.75. The Morgan fingerprint density at radius 2 is 1.94 bits per heavy atom. The van der Waals surface area contributed by atoms with Crippen molar-refractivity contribution in [2.75, 3.05) is 7.11 Å². The lowest BCUT2D eigenvalue weighted by Crippen LogP contribution is -2.04. The molecule has 1 aromatic heterocycles. The molecule has 0 amide bonds. The Kier molecular flexibility index (Phi) is 3.43. The summed E-state index contributed by atoms with van der Waals surface area (Å²) in [6.45, 7) is 0. The van der Waals surface area contributed by atoms with Crippen LogP contribution in [0.15, 0.2) is 18.2 Å². The monoisotopic (exact) mass is 289 g/mol. The highest BCUT2D eigenvalue weighted by atomic mass is 35.5. The molecule has 17 heavy (non-hydrogen) atoms. The number of halogens is 3. The van der Waals surface area contributed by atoms with Gasteiger partial charge in [0.2, 0.25) is 0 Å². The van der Waals surface area contributed by atoms with Crippen molar-refractivity contribution in [1.29, 1.82) is 0 Å². The van der Waals surface area contributed by atoms with Gasteiger partial charge in [0.1, 0.15) is 5.15 Å². The summed E-state index contributed by atoms with van der Waals surface area (Å²) in [5.41, 5.74) is 0.114. The predicted octanol–water partition coefficient (Wildman–Crippen LogP) is 3.98. The third kappa shape index (κ3) is 2.32. The first kappa shape index (κ1) is 12.4. The van der Waals surface area contributed by atoms with Gasteiger partial charge in [-0.2, -0.15) is 0 Å². The van der Waals surface area contributed by atoms with E-state index in [9.17, 15) is 4.79 Å². The number of pyridine rings is 1. The van der Waals surface area contributed by atoms with Crippen molar-refractivity contribution in [3.05, 3.63) is 39.1 Å². The van der Waals surface area contributed by atoms with Crippen LogP contribution in [0.3, 0.4) is 0 Å². The number of esters is 1. The molecule has 0 atom stereocenters. The molecule has 6 heteroatoms. The van der Waals surface area contributed by atoms with Gasteiger partial charge in [-0.15, -0.1) is 0 Å². The van der Waals surface area contributed by atoms with Crippen LogP contribution in [0, 0.1) is 0 Å². The van der Waals surface area contributed by atoms with Crippen molar-refractivity contribution in [3.8, 4) is 0 Å². The number of carbonyl (C=O) groups excluding carboxylic acids is 1. The second kappa shape index (κ2) is 4.69. The number of aromatic nitrogens is 1. The quantitative estimate of drug-likeness (QED) is 0.589. The van der Waals surface area contributed by atoms with Gasteiger partial charge >= 0.3 is 5.97 Å². The summed E-state index contributed by atoms with van der Waals surface area (Å²) < 4.78 is 4.57. The van der Waals surface area contributed by atoms with Gasteiger partial charge in [0.15, 0.2) is 5.69 Å². The Bertz CT molecular complexity index is 613. The molecule has 0 fully saturated rings. The molecule has 0 unspecified atom stereocenters. The number of fused-ring (bicyclic) bond motifs is 1. The minimum atomic E-state index is -0.565. The van der Waals surface area contributed by atoms with E-state index in [-0.39, 0.29) is 10.8 Å². The van der Waals surface area contributed by atoms with Crippen LogP contribution in [0.4, 0.5) is 0 Å². The summed E-state index contributed by atoms with van der Waals surface area (Å²) in [5.74, 6) is -0.565. The Morgan fingerprint density at radius 3 is 2.59 bits per heavy atom. The zero-order valence-corrected chi connectivity index (χ0v) is 10.9. The summed E-state index contributed by atoms with van der Waals surface area (Å²) >= 11 is 17.9. The van der Waals surface area contributed by atoms with Crippen molar-refractivity contribution < 1.29 is 9.53 Å². The lowest BCUT2D eigenvalue weighted by atomic mass is 10.1. The second-order valence-corrected chi connectivity index (χ2v) is 4.48. The van der Waals surface area contributed by atoms with E-state index >= 15 is 0 Å². The minimum absolute atomic E-state index is 0.114. The Hall–Kier alpha value is -1.03. The first-order valence-corrected chi connectivity index (χ1v) is 5.70. The van der Waals surface area contributed by atoms with E-state index in [0.29, 0.717) is 20.8 Å². The highest BCUT2D eigenvalue weighted by molar-refractivity contribution is 6.43. The number of hydrogen-bond acceptors (Lipinski definition) is 3. The minimum Gasteiger partial charge on any atom is -0.464 e. The second-order valence-electron chi connectivity index (χ2n) is 3.28. The van der Waals surface area contributed by atoms with Crippen LogP contribution in [0.1, 0.15) is 10.5 Å². The van der Waals surface area contributed by atoms with Crippen LogP contribution in [0.5, 0.6) is 0 Å². The highest BCUT2D eigenvalue weighted by Crippen LogP contribution is 2.32. The van der Waals surface area contributed by atoms with Gasteiger partial charge in [0, 0.05) is 10.4 Å². The fourth-order valence-electron chi connectivity index (χ4n) is 1.48. The third-order valence-corrected chi connectivity index (χ3v) is 2.99. The summed E-state index contributed by atoms with van der Waals surface area (Å²) in [7, 11) is 1.27. The molecule has 2 aromatic rings. The summed E-state index contributed by atoms with van der Waals surface area (Å²) in [4.78, 5) is 15.3. The van der Waals surface area contributed by atoms with Gasteiger partial charge in [-0.05, 0) is 23.6 Å². The van der Waals surface area contributed by atoms with E-state index in [2.05, 4.69) is 9.72 Å². The SMILES string of the molecule is COC(=O)c1cc2cc(Cl)cc(Cl)c2c(Cl)n1. The van der Waals surface area contributed by atoms with Crippen LogP contribution in [-0.2, 0) is 4.74 Å². The van der Waals surface area contributed by atoms with Crippen molar-refractivity contribution in [2.24, 2.45) is 0 Å². The Labute approximate surface area is 112 Å². The molecule has 0 radical (unpaired) electrons. The number of methoxy groups -OCH3 is 1. The van der Waals surface area contributed by atoms with E-state index < -0.39 is 5.97 Å². The molecule has 3 nitrogen and oxygen atoms in total. The number of nitrogens with zero attached hydrogens (tertiary/aromatic N) is 1. The molecular weight excluding hydrogens is 284 g/mol. The molecule has 88 valence electrons. The van der Waals surface area contributed by atoms with Crippen molar-refractivity contribution >= 4 is 51.5 Å². The Morgan fingerprint density at radius 1 is 1.24 bits per heavy atom. The smallest absolute Gasteiger partial charge is 0.356 e. The van der Waals surface area contributed by atoms with E-state index in [1.807, 2.05) is 0 Å². The van der Waals surface area contributed by atoms with Gasteiger partial charge in [0.25, 0.3) is 0 Å². The van der Waals surface area contributed by atoms with E-state index in [0.717, 1.165) is 0 Å². The van der Waals surface area contributed by atoms with Crippen LogP contribution in [-0.4, -0.2) is 18.1 Å². The predicted molar refractivity (Wildman–Crippen MR) is 68.1 cm³/mol. The van der Waals surface area contributed by atoms with Gasteiger partial charge in [-0.25, -0.2) is 9.78 Å². The third-order valence-electron chi connectivity index (χ3n) is 2.20. The van der Waals surface area contributed by atoms with E-state index in [1.165, 1.54) is 13.2 Å². The molecular formula is C11H6Cl3NO2. The maximum absolute atomic E-state index is 11.4. The zero-order chi connectivity index (χ0) is 12.6. The topological polar surface area (TPSA) is 39.2 Å². The summed E-state index contributed by atoms with van der Waals surface area (Å²) in [6.07, 6.45) is 0. The number of benzene rings is 1. The molecule has 0 spiro atoms. The fourth-order valence-corrected chi connectivity index (χ4v) is 2.42. The molecule has 0 saturated carbocycles. The van der Waals surface area contributed by atoms with Crippen molar-refractivity contribution in [3.63, 3.8) is 0 Å². The molecule has 0 aliphatic carbocycles. The molecule has 0 bridgehead atoms. The largest absolute Gasteiger partial charge is 0.464 e. The van der Waals surface area contributed by atoms with Gasteiger partial charge in [0.05, 0.1) is 12.1 Å². The Balaban J connectivity index is 2.77. The molecule has 1 heterocycles. The zero-order valence-electron chi connectivity index (χ0n) is 8.63. The number of rotatable bonds is 1. The molecule has 0 aliphatic rings. The maximum atomic E-state index is 11.4. The molecule has 0 aliphatic heterocycles. The van der Waals surface area contributed by atoms with Crippen LogP contribution >= 0.6 is 34.8 Å². The summed E-state index contributed by atoms with van der Waals surface area (Å²) in [5, 5.41) is 2.19. The lowest BCUT2D eigenvalue weighted by Gasteiger charge is -2.06. The normalized spacial score (nSPS) is 10.6.